The molecule has 9 heterocycles. The number of carbonyl (C=O) groups excluding carboxylic acids is 4. The molecule has 5 fully saturated rings. The quantitative estimate of drug-likeness (QED) is 0.0715. The first kappa shape index (κ1) is 65.8. The van der Waals surface area contributed by atoms with E-state index in [1.54, 1.807) is 41.7 Å². The third kappa shape index (κ3) is 13.7. The van der Waals surface area contributed by atoms with Crippen LogP contribution in [0.1, 0.15) is 115 Å². The molecule has 0 aliphatic carbocycles. The number of likely N-dealkylation sites (tertiary alicyclic amines) is 2. The number of fused-ring (bicyclic) bond motifs is 4. The Morgan fingerprint density at radius 2 is 1.61 bits per heavy atom. The largest absolute Gasteiger partial charge is 0.468 e. The van der Waals surface area contributed by atoms with Crippen molar-refractivity contribution in [3.05, 3.63) is 101 Å². The van der Waals surface area contributed by atoms with Gasteiger partial charge in [0.15, 0.2) is 24.2 Å². The summed E-state index contributed by atoms with van der Waals surface area (Å²) in [6.45, 7) is 18.1. The molecule has 5 aliphatic rings. The highest BCUT2D eigenvalue weighted by Gasteiger charge is 2.47. The molecule has 0 spiro atoms. The smallest absolute Gasteiger partial charge is 0.410 e. The molecule has 5 saturated heterocycles. The Balaban J connectivity index is 0.677. The van der Waals surface area contributed by atoms with Gasteiger partial charge in [-0.25, -0.2) is 19.0 Å². The Morgan fingerprint density at radius 3 is 2.29 bits per heavy atom. The highest BCUT2D eigenvalue weighted by atomic mass is 32.1. The maximum atomic E-state index is 17.8. The zero-order valence-corrected chi connectivity index (χ0v) is 56.0. The lowest BCUT2D eigenvalue weighted by molar-refractivity contribution is -0.141. The number of halogens is 1. The molecule has 4 amide bonds. The highest BCUT2D eigenvalue weighted by Crippen LogP contribution is 2.42. The summed E-state index contributed by atoms with van der Waals surface area (Å²) in [6, 6.07) is 17.7. The van der Waals surface area contributed by atoms with Gasteiger partial charge < -0.3 is 58.2 Å². The van der Waals surface area contributed by atoms with E-state index in [1.165, 1.54) is 4.90 Å². The van der Waals surface area contributed by atoms with Gasteiger partial charge in [0.25, 0.3) is 0 Å². The highest BCUT2D eigenvalue weighted by molar-refractivity contribution is 7.13. The number of methoxy groups -OCH3 is 1. The molecule has 500 valence electrons. The Hall–Kier alpha value is -8.26. The lowest BCUT2D eigenvalue weighted by atomic mass is 9.91. The first-order valence-corrected chi connectivity index (χ1v) is 33.6. The molecule has 0 radical (unpaired) electrons. The van der Waals surface area contributed by atoms with E-state index in [9.17, 15) is 24.3 Å². The van der Waals surface area contributed by atoms with E-state index >= 15 is 4.39 Å². The lowest BCUT2D eigenvalue weighted by Gasteiger charge is -2.42. The predicted octanol–water partition coefficient (Wildman–Crippen LogP) is 9.92. The molecule has 25 heteroatoms. The number of aryl methyl sites for hydroxylation is 2. The number of piperazine rings is 2. The Morgan fingerprint density at radius 1 is 0.872 bits per heavy atom. The zero-order valence-electron chi connectivity index (χ0n) is 55.2. The van der Waals surface area contributed by atoms with Gasteiger partial charge in [0.05, 0.1) is 45.7 Å². The molecule has 3 aromatic carbocycles. The van der Waals surface area contributed by atoms with Crippen LogP contribution in [0.15, 0.2) is 76.9 Å². The van der Waals surface area contributed by atoms with Gasteiger partial charge in [-0.1, -0.05) is 68.4 Å². The summed E-state index contributed by atoms with van der Waals surface area (Å²) in [6.07, 6.45) is 3.81. The van der Waals surface area contributed by atoms with Crippen molar-refractivity contribution in [2.24, 2.45) is 5.92 Å². The maximum Gasteiger partial charge on any atom is 0.410 e. The Kier molecular flexibility index (Phi) is 19.3. The zero-order chi connectivity index (χ0) is 66.3. The van der Waals surface area contributed by atoms with Crippen molar-refractivity contribution in [2.75, 3.05) is 89.8 Å². The second-order valence-corrected chi connectivity index (χ2v) is 27.7. The van der Waals surface area contributed by atoms with E-state index in [0.717, 1.165) is 63.7 Å². The number of hydrogen-bond acceptors (Lipinski definition) is 20. The van der Waals surface area contributed by atoms with Gasteiger partial charge in [-0.15, -0.1) is 11.3 Å². The maximum absolute atomic E-state index is 17.8. The van der Waals surface area contributed by atoms with Crippen molar-refractivity contribution in [3.63, 3.8) is 0 Å². The number of thiazole rings is 1. The topological polar surface area (TPSA) is 244 Å². The predicted molar refractivity (Wildman–Crippen MR) is 353 cm³/mol. The lowest BCUT2D eigenvalue weighted by Crippen LogP contribution is -2.57. The van der Waals surface area contributed by atoms with Crippen molar-refractivity contribution in [1.82, 2.24) is 50.0 Å². The molecular formula is C69H85FN12O11S. The SMILES string of the molecule is CCc1cccc2cc(OCOC)cc(-c3ncc4c(N5CC6CCC(C5)N6C(=O)OC(C)(C)C)nc(OC[C@@H]5CC[C@H](COC(=O)N6CCN(c7cc([C@H](C(=O)N8C[C@H](O)C[C@H]8C(=O)N[C@@H](C)c8ccc(-c9scnc9C)cc8)C(C)C)on7)CC6)N5C)nc4c3F)c12. The van der Waals surface area contributed by atoms with E-state index in [2.05, 4.69) is 32.2 Å². The third-order valence-corrected chi connectivity index (χ3v) is 20.1. The van der Waals surface area contributed by atoms with Crippen LogP contribution in [0.2, 0.25) is 0 Å². The number of aromatic nitrogens is 5. The molecule has 12 rings (SSSR count). The van der Waals surface area contributed by atoms with Gasteiger partial charge in [-0.2, -0.15) is 9.97 Å². The number of pyridine rings is 1. The molecule has 2 unspecified atom stereocenters. The summed E-state index contributed by atoms with van der Waals surface area (Å²) in [5.74, 6) is -0.477. The summed E-state index contributed by atoms with van der Waals surface area (Å²) in [4.78, 5) is 87.0. The van der Waals surface area contributed by atoms with Crippen LogP contribution >= 0.6 is 11.3 Å². The fraction of sp³-hybridized carbons (Fsp3) is 0.522. The van der Waals surface area contributed by atoms with Crippen LogP contribution < -0.4 is 24.6 Å². The first-order valence-electron chi connectivity index (χ1n) is 32.7. The number of amides is 4. The molecule has 0 saturated carbocycles. The fourth-order valence-corrected chi connectivity index (χ4v) is 14.9. The number of benzene rings is 3. The number of aliphatic hydroxyl groups is 1. The van der Waals surface area contributed by atoms with Crippen molar-refractivity contribution in [3.8, 4) is 33.5 Å². The molecule has 4 aromatic heterocycles. The monoisotopic (exact) mass is 1310 g/mol. The van der Waals surface area contributed by atoms with Crippen molar-refractivity contribution in [2.45, 2.75) is 148 Å². The van der Waals surface area contributed by atoms with Gasteiger partial charge >= 0.3 is 18.2 Å². The number of nitrogens with zero attached hydrogens (tertiary/aromatic N) is 11. The number of hydrogen-bond donors (Lipinski definition) is 2. The van der Waals surface area contributed by atoms with E-state index in [1.807, 2.05) is 119 Å². The minimum Gasteiger partial charge on any atom is -0.468 e. The fourth-order valence-electron chi connectivity index (χ4n) is 14.1. The molecule has 5 aliphatic heterocycles. The van der Waals surface area contributed by atoms with Crippen LogP contribution in [0.25, 0.3) is 43.4 Å². The van der Waals surface area contributed by atoms with Gasteiger partial charge in [0.1, 0.15) is 53.6 Å². The van der Waals surface area contributed by atoms with Crippen molar-refractivity contribution in [1.29, 1.82) is 0 Å². The van der Waals surface area contributed by atoms with Crippen LogP contribution in [0.4, 0.5) is 25.6 Å². The normalized spacial score (nSPS) is 21.6. The molecule has 2 bridgehead atoms. The molecule has 23 nitrogen and oxygen atoms in total. The minimum atomic E-state index is -0.878. The van der Waals surface area contributed by atoms with Crippen molar-refractivity contribution >= 4 is 68.6 Å². The molecular weight excluding hydrogens is 1220 g/mol. The second-order valence-electron chi connectivity index (χ2n) is 26.8. The summed E-state index contributed by atoms with van der Waals surface area (Å²) >= 11 is 1.58. The minimum absolute atomic E-state index is 0.000946. The summed E-state index contributed by atoms with van der Waals surface area (Å²) < 4.78 is 53.2. The summed E-state index contributed by atoms with van der Waals surface area (Å²) in [7, 11) is 3.52. The average molecular weight is 1310 g/mol. The summed E-state index contributed by atoms with van der Waals surface area (Å²) in [5.41, 5.74) is 5.79. The number of aliphatic hydroxyl groups excluding tert-OH is 1. The Labute approximate surface area is 550 Å². The van der Waals surface area contributed by atoms with Crippen LogP contribution in [0.3, 0.4) is 0 Å². The molecule has 94 heavy (non-hydrogen) atoms. The summed E-state index contributed by atoms with van der Waals surface area (Å²) in [5, 5.41) is 20.4. The molecule has 8 atom stereocenters. The number of likely N-dealkylation sites (N-methyl/N-ethyl adjacent to an activating group) is 1. The Bertz CT molecular complexity index is 3900. The number of ether oxygens (including phenoxy) is 5. The van der Waals surface area contributed by atoms with Gasteiger partial charge in [-0.3, -0.25) is 24.4 Å². The van der Waals surface area contributed by atoms with E-state index in [4.69, 9.17) is 43.2 Å². The third-order valence-electron chi connectivity index (χ3n) is 19.1. The number of rotatable bonds is 19. The number of carbonyl (C=O) groups is 4. The van der Waals surface area contributed by atoms with Crippen LogP contribution in [0, 0.1) is 18.7 Å². The van der Waals surface area contributed by atoms with Crippen LogP contribution in [-0.4, -0.2) is 196 Å². The van der Waals surface area contributed by atoms with Crippen LogP contribution in [-0.2, 0) is 30.2 Å². The average Bonchev–Trinajstić information content (AvgIpc) is 0.850. The molecule has 2 N–H and O–H groups in total. The van der Waals surface area contributed by atoms with Gasteiger partial charge in [0, 0.05) is 89.3 Å². The first-order chi connectivity index (χ1) is 45.1. The van der Waals surface area contributed by atoms with E-state index in [-0.39, 0.29) is 104 Å². The molecule has 7 aromatic rings. The van der Waals surface area contributed by atoms with Crippen LogP contribution in [0.5, 0.6) is 11.8 Å². The standard InChI is InChI=1S/C69H85FN12O11S/c1-11-42-13-12-14-45-27-51(91-38-88-10)29-52(58(42)45)60-59(70)61-53(31-71-60)63(80-32-46-19-20-47(33-80)82(46)68(87)92-69(6,7)8)75-66(74-61)89-35-48-21-22-49(77(48)9)36-90-67(86)79-25-23-78(24-26-79)56-30-55(93-76-56)57(39(2)3)65(85)81-34-50(83)28-54(81)64(84)73-40(4)43-15-17-44(18-16-43)62-41(5)72-37-94-62/h12-18,27,29-31,37,39-40,46-50,54,57,83H,11,19-26,28,32-36,38H2,1-10H3,(H,73,84)/t40-,46?,47?,48-,49+,50+,54-,57+/m0/s1. The number of β-amino-alcohol motifs (C(OH)–C–C–N with tert-alkyl or cyclic N) is 1. The number of nitrogens with one attached hydrogen (secondary N) is 1. The second kappa shape index (κ2) is 27.6. The van der Waals surface area contributed by atoms with Gasteiger partial charge in [-0.05, 0) is 119 Å². The van der Waals surface area contributed by atoms with Gasteiger partial charge in [0.2, 0.25) is 11.8 Å². The number of anilines is 2. The van der Waals surface area contributed by atoms with E-state index < -0.39 is 35.6 Å². The van der Waals surface area contributed by atoms with E-state index in [0.29, 0.717) is 79.8 Å². The van der Waals surface area contributed by atoms with Crippen molar-refractivity contribution < 1.29 is 56.9 Å².